The van der Waals surface area contributed by atoms with Gasteiger partial charge in [0.1, 0.15) is 0 Å². The first-order chi connectivity index (χ1) is 4.74. The fraction of sp³-hybridized carbons (Fsp3) is 0.667. The van der Waals surface area contributed by atoms with Gasteiger partial charge in [-0.25, -0.2) is 0 Å². The summed E-state index contributed by atoms with van der Waals surface area (Å²) in [5, 5.41) is 2.90. The average molecular weight is 142 g/mol. The van der Waals surface area contributed by atoms with Gasteiger partial charge in [-0.3, -0.25) is 19.8 Å². The third-order valence-corrected chi connectivity index (χ3v) is 1.56. The summed E-state index contributed by atoms with van der Waals surface area (Å²) in [5.41, 5.74) is 0. The summed E-state index contributed by atoms with van der Waals surface area (Å²) < 4.78 is 0. The zero-order valence-electron chi connectivity index (χ0n) is 5.83. The Morgan fingerprint density at radius 3 is 2.90 bits per heavy atom. The van der Waals surface area contributed by atoms with Crippen molar-refractivity contribution in [2.75, 3.05) is 20.3 Å². The summed E-state index contributed by atoms with van der Waals surface area (Å²) >= 11 is 0. The van der Waals surface area contributed by atoms with Crippen molar-refractivity contribution < 1.29 is 9.59 Å². The summed E-state index contributed by atoms with van der Waals surface area (Å²) in [6.45, 7) is 1.32. The van der Waals surface area contributed by atoms with E-state index in [1.165, 1.54) is 0 Å². The number of rotatable bonds is 2. The minimum atomic E-state index is -0.357. The molecular formula is C6H10N2O2. The maximum Gasteiger partial charge on any atom is 0.213 e. The third kappa shape index (κ3) is 1.40. The minimum absolute atomic E-state index is 0.275. The molecule has 0 aromatic heterocycles. The van der Waals surface area contributed by atoms with E-state index in [2.05, 4.69) is 5.32 Å². The zero-order valence-corrected chi connectivity index (χ0v) is 5.83. The molecule has 1 aliphatic rings. The molecule has 0 saturated carbocycles. The fourth-order valence-electron chi connectivity index (χ4n) is 0.980. The first-order valence-corrected chi connectivity index (χ1v) is 3.15. The van der Waals surface area contributed by atoms with Gasteiger partial charge in [-0.15, -0.1) is 0 Å². The van der Waals surface area contributed by atoms with Crippen LogP contribution in [-0.2, 0) is 9.59 Å². The number of hydrogen-bond donors (Lipinski definition) is 1. The summed E-state index contributed by atoms with van der Waals surface area (Å²) in [7, 11) is 1.89. The average Bonchev–Trinajstić information content (AvgIpc) is 2.34. The van der Waals surface area contributed by atoms with Crippen LogP contribution in [0.1, 0.15) is 0 Å². The maximum absolute atomic E-state index is 10.7. The number of carbonyl (C=O) groups is 2. The Labute approximate surface area is 59.2 Å². The van der Waals surface area contributed by atoms with Crippen molar-refractivity contribution in [1.29, 1.82) is 0 Å². The molecule has 56 valence electrons. The van der Waals surface area contributed by atoms with Crippen molar-refractivity contribution in [2.45, 2.75) is 6.04 Å². The van der Waals surface area contributed by atoms with E-state index in [4.69, 9.17) is 0 Å². The van der Waals surface area contributed by atoms with Crippen LogP contribution in [-0.4, -0.2) is 43.3 Å². The second-order valence-electron chi connectivity index (χ2n) is 2.47. The molecule has 1 N–H and O–H groups in total. The minimum Gasteiger partial charge on any atom is -0.295 e. The summed E-state index contributed by atoms with van der Waals surface area (Å²) in [6, 6.07) is -0.275. The van der Waals surface area contributed by atoms with Crippen LogP contribution in [0.4, 0.5) is 0 Å². The van der Waals surface area contributed by atoms with Gasteiger partial charge in [0.2, 0.25) is 5.78 Å². The van der Waals surface area contributed by atoms with Gasteiger partial charge in [0.25, 0.3) is 0 Å². The lowest BCUT2D eigenvalue weighted by molar-refractivity contribution is -0.130. The number of aldehydes is 1. The molecule has 0 radical (unpaired) electrons. The normalized spacial score (nSPS) is 26.7. The topological polar surface area (TPSA) is 49.4 Å². The van der Waals surface area contributed by atoms with Crippen molar-refractivity contribution in [3.8, 4) is 0 Å². The highest BCUT2D eigenvalue weighted by molar-refractivity contribution is 6.27. The van der Waals surface area contributed by atoms with Gasteiger partial charge in [-0.2, -0.15) is 0 Å². The van der Waals surface area contributed by atoms with E-state index in [1.807, 2.05) is 11.9 Å². The molecule has 0 bridgehead atoms. The SMILES string of the molecule is CN1CNC(C(=O)C=O)C1. The Morgan fingerprint density at radius 1 is 1.80 bits per heavy atom. The van der Waals surface area contributed by atoms with Crippen molar-refractivity contribution >= 4 is 12.1 Å². The molecular weight excluding hydrogens is 132 g/mol. The van der Waals surface area contributed by atoms with Gasteiger partial charge in [0.15, 0.2) is 6.29 Å². The van der Waals surface area contributed by atoms with Crippen LogP contribution < -0.4 is 5.32 Å². The van der Waals surface area contributed by atoms with Crippen molar-refractivity contribution in [1.82, 2.24) is 10.2 Å². The van der Waals surface area contributed by atoms with E-state index in [-0.39, 0.29) is 11.8 Å². The van der Waals surface area contributed by atoms with Gasteiger partial charge >= 0.3 is 0 Å². The predicted molar refractivity (Wildman–Crippen MR) is 35.5 cm³/mol. The Hall–Kier alpha value is -0.740. The van der Waals surface area contributed by atoms with Gasteiger partial charge in [-0.1, -0.05) is 0 Å². The van der Waals surface area contributed by atoms with Crippen LogP contribution >= 0.6 is 0 Å². The van der Waals surface area contributed by atoms with Crippen molar-refractivity contribution in [2.24, 2.45) is 0 Å². The van der Waals surface area contributed by atoms with E-state index < -0.39 is 0 Å². The molecule has 1 saturated heterocycles. The van der Waals surface area contributed by atoms with Crippen molar-refractivity contribution in [3.63, 3.8) is 0 Å². The van der Waals surface area contributed by atoms with Crippen LogP contribution in [0.15, 0.2) is 0 Å². The number of nitrogens with zero attached hydrogens (tertiary/aromatic N) is 1. The van der Waals surface area contributed by atoms with Gasteiger partial charge in [-0.05, 0) is 7.05 Å². The fourth-order valence-corrected chi connectivity index (χ4v) is 0.980. The lowest BCUT2D eigenvalue weighted by Gasteiger charge is -2.03. The molecule has 4 nitrogen and oxygen atoms in total. The molecule has 1 aliphatic heterocycles. The molecule has 4 heteroatoms. The quantitative estimate of drug-likeness (QED) is 0.381. The number of carbonyl (C=O) groups excluding carboxylic acids is 2. The first kappa shape index (κ1) is 7.37. The number of Topliss-reactive ketones (excluding diaryl/α,β-unsaturated/α-hetero) is 1. The van der Waals surface area contributed by atoms with Gasteiger partial charge in [0, 0.05) is 13.2 Å². The van der Waals surface area contributed by atoms with E-state index in [0.717, 1.165) is 0 Å². The van der Waals surface area contributed by atoms with Crippen molar-refractivity contribution in [3.05, 3.63) is 0 Å². The molecule has 0 aromatic rings. The standard InChI is InChI=1S/C6H10N2O2/c1-8-2-5(7-4-8)6(10)3-9/h3,5,7H,2,4H2,1H3. The summed E-state index contributed by atoms with van der Waals surface area (Å²) in [6.07, 6.45) is 0.372. The highest BCUT2D eigenvalue weighted by Gasteiger charge is 2.24. The summed E-state index contributed by atoms with van der Waals surface area (Å²) in [5.74, 6) is -0.357. The predicted octanol–water partition coefficient (Wildman–Crippen LogP) is -1.38. The second kappa shape index (κ2) is 2.90. The largest absolute Gasteiger partial charge is 0.295 e. The molecule has 10 heavy (non-hydrogen) atoms. The monoisotopic (exact) mass is 142 g/mol. The lowest BCUT2D eigenvalue weighted by Crippen LogP contribution is -2.33. The Kier molecular flexibility index (Phi) is 2.13. The molecule has 1 unspecified atom stereocenters. The summed E-state index contributed by atoms with van der Waals surface area (Å²) in [4.78, 5) is 22.6. The second-order valence-corrected chi connectivity index (χ2v) is 2.47. The molecule has 1 heterocycles. The molecule has 1 rings (SSSR count). The molecule has 0 aromatic carbocycles. The van der Waals surface area contributed by atoms with Gasteiger partial charge < -0.3 is 0 Å². The van der Waals surface area contributed by atoms with E-state index in [9.17, 15) is 9.59 Å². The van der Waals surface area contributed by atoms with E-state index in [0.29, 0.717) is 19.5 Å². The van der Waals surface area contributed by atoms with E-state index in [1.54, 1.807) is 0 Å². The number of nitrogens with one attached hydrogen (secondary N) is 1. The molecule has 0 spiro atoms. The third-order valence-electron chi connectivity index (χ3n) is 1.56. The molecule has 1 fully saturated rings. The molecule has 0 aliphatic carbocycles. The van der Waals surface area contributed by atoms with Crippen LogP contribution in [0, 0.1) is 0 Å². The van der Waals surface area contributed by atoms with Gasteiger partial charge in [0.05, 0.1) is 6.04 Å². The Bertz CT molecular complexity index is 158. The van der Waals surface area contributed by atoms with E-state index >= 15 is 0 Å². The molecule has 0 amide bonds. The van der Waals surface area contributed by atoms with Crippen LogP contribution in [0.25, 0.3) is 0 Å². The molecule has 1 atom stereocenters. The Morgan fingerprint density at radius 2 is 2.50 bits per heavy atom. The number of hydrogen-bond acceptors (Lipinski definition) is 4. The highest BCUT2D eigenvalue weighted by Crippen LogP contribution is 1.96. The Balaban J connectivity index is 2.44. The first-order valence-electron chi connectivity index (χ1n) is 3.15. The zero-order chi connectivity index (χ0) is 7.56. The highest BCUT2D eigenvalue weighted by atomic mass is 16.2. The van der Waals surface area contributed by atoms with Crippen LogP contribution in [0.5, 0.6) is 0 Å². The van der Waals surface area contributed by atoms with Crippen LogP contribution in [0.2, 0.25) is 0 Å². The number of likely N-dealkylation sites (N-methyl/N-ethyl adjacent to an activating group) is 1. The number of ketones is 1. The smallest absolute Gasteiger partial charge is 0.213 e. The van der Waals surface area contributed by atoms with Crippen LogP contribution in [0.3, 0.4) is 0 Å². The maximum atomic E-state index is 10.7. The lowest BCUT2D eigenvalue weighted by atomic mass is 10.2.